The van der Waals surface area contributed by atoms with Crippen molar-refractivity contribution in [3.63, 3.8) is 0 Å². The number of anilines is 1. The molecular weight excluding hydrogens is 444 g/mol. The van der Waals surface area contributed by atoms with Crippen LogP contribution in [-0.2, 0) is 22.0 Å². The summed E-state index contributed by atoms with van der Waals surface area (Å²) in [5.74, 6) is 0. The molecule has 1 spiro atoms. The quantitative estimate of drug-likeness (QED) is 0.541. The van der Waals surface area contributed by atoms with Crippen LogP contribution in [0.15, 0.2) is 77.8 Å². The van der Waals surface area contributed by atoms with Crippen molar-refractivity contribution in [3.05, 3.63) is 89.7 Å². The van der Waals surface area contributed by atoms with Crippen LogP contribution in [0.1, 0.15) is 36.1 Å². The van der Waals surface area contributed by atoms with Gasteiger partial charge in [-0.2, -0.15) is 0 Å². The van der Waals surface area contributed by atoms with E-state index in [4.69, 9.17) is 0 Å². The Kier molecular flexibility index (Phi) is 5.66. The third-order valence-electron chi connectivity index (χ3n) is 6.84. The standard InChI is InChI=1S/C25H25F2N3O2S/c26-24(27)19-8-10-21(11-9-19)33(31,32)30-18-25(22-6-1-2-7-23(22)30)12-15-29(16-13-25)17-20-5-3-4-14-28-20/h1-11,14,24H,12-13,15-18H2. The van der Waals surface area contributed by atoms with E-state index in [0.717, 1.165) is 43.7 Å². The first-order valence-corrected chi connectivity index (χ1v) is 12.5. The van der Waals surface area contributed by atoms with E-state index in [2.05, 4.69) is 9.88 Å². The number of para-hydroxylation sites is 1. The molecule has 172 valence electrons. The molecular formula is C25H25F2N3O2S. The summed E-state index contributed by atoms with van der Waals surface area (Å²) >= 11 is 0. The van der Waals surface area contributed by atoms with Gasteiger partial charge in [0.15, 0.2) is 0 Å². The first-order valence-electron chi connectivity index (χ1n) is 11.0. The van der Waals surface area contributed by atoms with Gasteiger partial charge in [-0.15, -0.1) is 0 Å². The van der Waals surface area contributed by atoms with E-state index >= 15 is 0 Å². The molecule has 0 radical (unpaired) electrons. The number of fused-ring (bicyclic) bond motifs is 2. The molecule has 2 aliphatic rings. The summed E-state index contributed by atoms with van der Waals surface area (Å²) < 4.78 is 54.4. The summed E-state index contributed by atoms with van der Waals surface area (Å²) in [6, 6.07) is 18.5. The van der Waals surface area contributed by atoms with Gasteiger partial charge in [0, 0.05) is 30.3 Å². The lowest BCUT2D eigenvalue weighted by molar-refractivity contribution is 0.151. The van der Waals surface area contributed by atoms with Gasteiger partial charge < -0.3 is 0 Å². The molecule has 1 aromatic heterocycles. The van der Waals surface area contributed by atoms with Crippen molar-refractivity contribution >= 4 is 15.7 Å². The van der Waals surface area contributed by atoms with Gasteiger partial charge in [0.25, 0.3) is 16.4 Å². The smallest absolute Gasteiger partial charge is 0.264 e. The minimum Gasteiger partial charge on any atom is -0.297 e. The number of hydrogen-bond donors (Lipinski definition) is 0. The Bertz CT molecular complexity index is 1230. The highest BCUT2D eigenvalue weighted by Crippen LogP contribution is 2.48. The second-order valence-corrected chi connectivity index (χ2v) is 10.6. The summed E-state index contributed by atoms with van der Waals surface area (Å²) in [5.41, 5.74) is 2.32. The van der Waals surface area contributed by atoms with Gasteiger partial charge in [0.2, 0.25) is 0 Å². The number of alkyl halides is 2. The van der Waals surface area contributed by atoms with Crippen LogP contribution in [0.25, 0.3) is 0 Å². The van der Waals surface area contributed by atoms with Crippen LogP contribution in [-0.4, -0.2) is 37.9 Å². The zero-order valence-corrected chi connectivity index (χ0v) is 18.9. The Morgan fingerprint density at radius 2 is 1.64 bits per heavy atom. The van der Waals surface area contributed by atoms with Crippen molar-refractivity contribution in [1.29, 1.82) is 0 Å². The molecule has 3 heterocycles. The normalized spacial score (nSPS) is 18.1. The Hall–Kier alpha value is -2.84. The SMILES string of the molecule is O=S(=O)(c1ccc(C(F)F)cc1)N1CC2(CCN(Cc3ccccn3)CC2)c2ccccc21. The van der Waals surface area contributed by atoms with Crippen molar-refractivity contribution < 1.29 is 17.2 Å². The number of nitrogens with zero attached hydrogens (tertiary/aromatic N) is 3. The zero-order valence-electron chi connectivity index (χ0n) is 18.1. The monoisotopic (exact) mass is 469 g/mol. The van der Waals surface area contributed by atoms with Crippen LogP contribution >= 0.6 is 0 Å². The van der Waals surface area contributed by atoms with Crippen LogP contribution in [0.4, 0.5) is 14.5 Å². The molecule has 0 N–H and O–H groups in total. The number of benzene rings is 2. The van der Waals surface area contributed by atoms with E-state index in [1.165, 1.54) is 28.6 Å². The molecule has 2 aliphatic heterocycles. The Morgan fingerprint density at radius 3 is 2.30 bits per heavy atom. The highest BCUT2D eigenvalue weighted by molar-refractivity contribution is 7.92. The molecule has 5 nitrogen and oxygen atoms in total. The van der Waals surface area contributed by atoms with Gasteiger partial charge in [-0.05, 0) is 61.8 Å². The van der Waals surface area contributed by atoms with Gasteiger partial charge >= 0.3 is 0 Å². The van der Waals surface area contributed by atoms with Crippen LogP contribution in [0.5, 0.6) is 0 Å². The van der Waals surface area contributed by atoms with Crippen molar-refractivity contribution in [3.8, 4) is 0 Å². The fourth-order valence-corrected chi connectivity index (χ4v) is 6.57. The predicted molar refractivity (Wildman–Crippen MR) is 123 cm³/mol. The molecule has 8 heteroatoms. The van der Waals surface area contributed by atoms with Crippen molar-refractivity contribution in [2.75, 3.05) is 23.9 Å². The predicted octanol–water partition coefficient (Wildman–Crippen LogP) is 4.76. The van der Waals surface area contributed by atoms with E-state index in [9.17, 15) is 17.2 Å². The van der Waals surface area contributed by atoms with Crippen LogP contribution in [0.3, 0.4) is 0 Å². The van der Waals surface area contributed by atoms with Crippen molar-refractivity contribution in [2.24, 2.45) is 0 Å². The third kappa shape index (κ3) is 4.02. The minimum absolute atomic E-state index is 0.0336. The van der Waals surface area contributed by atoms with Crippen LogP contribution in [0, 0.1) is 0 Å². The summed E-state index contributed by atoms with van der Waals surface area (Å²) in [6.45, 7) is 2.84. The number of hydrogen-bond acceptors (Lipinski definition) is 4. The van der Waals surface area contributed by atoms with Gasteiger partial charge in [-0.1, -0.05) is 36.4 Å². The molecule has 33 heavy (non-hydrogen) atoms. The van der Waals surface area contributed by atoms with E-state index in [1.807, 2.05) is 42.5 Å². The van der Waals surface area contributed by atoms with Gasteiger partial charge in [0.1, 0.15) is 0 Å². The number of sulfonamides is 1. The minimum atomic E-state index is -3.87. The number of halogens is 2. The maximum Gasteiger partial charge on any atom is 0.264 e. The highest BCUT2D eigenvalue weighted by Gasteiger charge is 2.48. The molecule has 1 saturated heterocycles. The highest BCUT2D eigenvalue weighted by atomic mass is 32.2. The summed E-state index contributed by atoms with van der Waals surface area (Å²) in [7, 11) is -3.87. The molecule has 5 rings (SSSR count). The first-order chi connectivity index (χ1) is 15.9. The maximum atomic E-state index is 13.5. The third-order valence-corrected chi connectivity index (χ3v) is 8.61. The summed E-state index contributed by atoms with van der Waals surface area (Å²) in [5, 5.41) is 0. The van der Waals surface area contributed by atoms with Gasteiger partial charge in [-0.25, -0.2) is 17.2 Å². The molecule has 0 atom stereocenters. The fourth-order valence-electron chi connectivity index (χ4n) is 5.00. The molecule has 0 aliphatic carbocycles. The number of rotatable bonds is 5. The summed E-state index contributed by atoms with van der Waals surface area (Å²) in [4.78, 5) is 6.81. The number of likely N-dealkylation sites (tertiary alicyclic amines) is 1. The average molecular weight is 470 g/mol. The first kappa shape index (κ1) is 22.0. The summed E-state index contributed by atoms with van der Waals surface area (Å²) in [6.07, 6.45) is 0.846. The topological polar surface area (TPSA) is 53.5 Å². The molecule has 0 bridgehead atoms. The Balaban J connectivity index is 1.40. The zero-order chi connectivity index (χ0) is 23.1. The average Bonchev–Trinajstić information content (AvgIpc) is 3.16. The van der Waals surface area contributed by atoms with Gasteiger partial charge in [-0.3, -0.25) is 14.2 Å². The lowest BCUT2D eigenvalue weighted by Gasteiger charge is -2.39. The lowest BCUT2D eigenvalue weighted by Crippen LogP contribution is -2.45. The van der Waals surface area contributed by atoms with E-state index < -0.39 is 16.4 Å². The van der Waals surface area contributed by atoms with E-state index in [-0.39, 0.29) is 15.9 Å². The largest absolute Gasteiger partial charge is 0.297 e. The number of pyridine rings is 1. The maximum absolute atomic E-state index is 13.5. The van der Waals surface area contributed by atoms with E-state index in [1.54, 1.807) is 6.20 Å². The second-order valence-electron chi connectivity index (χ2n) is 8.78. The molecule has 0 amide bonds. The van der Waals surface area contributed by atoms with E-state index in [0.29, 0.717) is 12.2 Å². The Morgan fingerprint density at radius 1 is 0.939 bits per heavy atom. The van der Waals surface area contributed by atoms with Crippen molar-refractivity contribution in [2.45, 2.75) is 36.1 Å². The Labute approximate surface area is 192 Å². The number of aromatic nitrogens is 1. The number of piperidine rings is 1. The molecule has 0 saturated carbocycles. The molecule has 0 unspecified atom stereocenters. The van der Waals surface area contributed by atoms with Crippen LogP contribution < -0.4 is 4.31 Å². The fraction of sp³-hybridized carbons (Fsp3) is 0.320. The lowest BCUT2D eigenvalue weighted by atomic mass is 9.74. The molecule has 3 aromatic rings. The second kappa shape index (κ2) is 8.50. The molecule has 1 fully saturated rings. The van der Waals surface area contributed by atoms with Crippen LogP contribution in [0.2, 0.25) is 0 Å². The van der Waals surface area contributed by atoms with Crippen molar-refractivity contribution in [1.82, 2.24) is 9.88 Å². The van der Waals surface area contributed by atoms with Gasteiger partial charge in [0.05, 0.1) is 16.3 Å². The molecule has 2 aromatic carbocycles.